The zero-order valence-electron chi connectivity index (χ0n) is 15.7. The van der Waals surface area contributed by atoms with E-state index in [1.165, 1.54) is 17.2 Å². The first-order valence-electron chi connectivity index (χ1n) is 9.31. The number of nitrogens with one attached hydrogen (secondary N) is 1. The van der Waals surface area contributed by atoms with Gasteiger partial charge in [-0.15, -0.1) is 0 Å². The molecule has 0 saturated carbocycles. The van der Waals surface area contributed by atoms with Crippen molar-refractivity contribution in [3.8, 4) is 0 Å². The number of allylic oxidation sites excluding steroid dienone is 6. The van der Waals surface area contributed by atoms with Crippen molar-refractivity contribution in [1.29, 1.82) is 0 Å². The summed E-state index contributed by atoms with van der Waals surface area (Å²) in [6.07, 6.45) is 12.1. The molecule has 3 rings (SSSR count). The van der Waals surface area contributed by atoms with Gasteiger partial charge in [0.15, 0.2) is 0 Å². The van der Waals surface area contributed by atoms with Gasteiger partial charge >= 0.3 is 0 Å². The summed E-state index contributed by atoms with van der Waals surface area (Å²) in [6, 6.07) is 6.98. The van der Waals surface area contributed by atoms with Crippen LogP contribution in [0.4, 0.5) is 4.39 Å². The van der Waals surface area contributed by atoms with E-state index in [1.54, 1.807) is 6.07 Å². The molecular formula is C23H27FN2. The Kier molecular flexibility index (Phi) is 5.77. The molecule has 0 radical (unpaired) electrons. The Balaban J connectivity index is 1.54. The van der Waals surface area contributed by atoms with Crippen LogP contribution in [-0.2, 0) is 6.54 Å². The number of aromatic nitrogens is 1. The Morgan fingerprint density at radius 1 is 1.27 bits per heavy atom. The van der Waals surface area contributed by atoms with Crippen LogP contribution in [0.3, 0.4) is 0 Å². The van der Waals surface area contributed by atoms with Crippen LogP contribution in [0.25, 0.3) is 10.9 Å². The summed E-state index contributed by atoms with van der Waals surface area (Å²) in [5.41, 5.74) is 5.99. The number of halogens is 1. The molecule has 1 aliphatic rings. The van der Waals surface area contributed by atoms with E-state index in [1.807, 2.05) is 18.2 Å². The van der Waals surface area contributed by atoms with Gasteiger partial charge in [0, 0.05) is 35.4 Å². The molecule has 2 nitrogen and oxygen atoms in total. The quantitative estimate of drug-likeness (QED) is 0.624. The number of hydrogen-bond acceptors (Lipinski definition) is 1. The van der Waals surface area contributed by atoms with Gasteiger partial charge in [0.25, 0.3) is 0 Å². The third-order valence-corrected chi connectivity index (χ3v) is 4.98. The highest BCUT2D eigenvalue weighted by Crippen LogP contribution is 2.22. The summed E-state index contributed by atoms with van der Waals surface area (Å²) in [7, 11) is 0. The Morgan fingerprint density at radius 2 is 2.12 bits per heavy atom. The van der Waals surface area contributed by atoms with Crippen LogP contribution in [0.5, 0.6) is 0 Å². The topological polar surface area (TPSA) is 17.0 Å². The van der Waals surface area contributed by atoms with Crippen LogP contribution in [0, 0.1) is 12.7 Å². The maximum Gasteiger partial charge on any atom is 0.123 e. The van der Waals surface area contributed by atoms with E-state index >= 15 is 0 Å². The number of fused-ring (bicyclic) bond motifs is 1. The van der Waals surface area contributed by atoms with E-state index in [9.17, 15) is 4.39 Å². The fourth-order valence-corrected chi connectivity index (χ4v) is 3.40. The van der Waals surface area contributed by atoms with E-state index in [0.29, 0.717) is 0 Å². The highest BCUT2D eigenvalue weighted by molar-refractivity contribution is 5.81. The molecule has 0 unspecified atom stereocenters. The molecule has 0 aliphatic heterocycles. The number of rotatable bonds is 7. The van der Waals surface area contributed by atoms with Crippen LogP contribution in [0.1, 0.15) is 31.9 Å². The van der Waals surface area contributed by atoms with Crippen LogP contribution in [0.2, 0.25) is 0 Å². The molecule has 26 heavy (non-hydrogen) atoms. The molecule has 0 fully saturated rings. The SMILES string of the molecule is C=C(/C=C/C1=CC=C(CC)CC1)NCCn1c(C)cc2cc(F)ccc21. The predicted octanol–water partition coefficient (Wildman–Crippen LogP) is 5.80. The largest absolute Gasteiger partial charge is 0.384 e. The Morgan fingerprint density at radius 3 is 2.85 bits per heavy atom. The maximum atomic E-state index is 13.4. The van der Waals surface area contributed by atoms with Gasteiger partial charge in [0.05, 0.1) is 0 Å². The Bertz CT molecular complexity index is 896. The van der Waals surface area contributed by atoms with E-state index in [2.05, 4.69) is 48.5 Å². The number of hydrogen-bond donors (Lipinski definition) is 1. The average Bonchev–Trinajstić information content (AvgIpc) is 2.95. The van der Waals surface area contributed by atoms with Gasteiger partial charge in [-0.2, -0.15) is 0 Å². The molecule has 0 saturated heterocycles. The maximum absolute atomic E-state index is 13.4. The van der Waals surface area contributed by atoms with Crippen molar-refractivity contribution in [2.45, 2.75) is 39.7 Å². The molecule has 1 aliphatic carbocycles. The van der Waals surface area contributed by atoms with E-state index < -0.39 is 0 Å². The summed E-state index contributed by atoms with van der Waals surface area (Å²) in [4.78, 5) is 0. The highest BCUT2D eigenvalue weighted by Gasteiger charge is 2.06. The molecule has 0 amide bonds. The highest BCUT2D eigenvalue weighted by atomic mass is 19.1. The molecule has 0 bridgehead atoms. The molecule has 1 N–H and O–H groups in total. The zero-order chi connectivity index (χ0) is 18.5. The molecule has 0 atom stereocenters. The van der Waals surface area contributed by atoms with Crippen molar-refractivity contribution >= 4 is 10.9 Å². The molecule has 3 heteroatoms. The molecule has 1 heterocycles. The number of aryl methyl sites for hydroxylation is 1. The van der Waals surface area contributed by atoms with Crippen molar-refractivity contribution in [2.75, 3.05) is 6.54 Å². The third-order valence-electron chi connectivity index (χ3n) is 4.98. The summed E-state index contributed by atoms with van der Waals surface area (Å²) < 4.78 is 15.6. The predicted molar refractivity (Wildman–Crippen MR) is 109 cm³/mol. The van der Waals surface area contributed by atoms with Crippen LogP contribution in [0.15, 0.2) is 72.0 Å². The normalized spacial score (nSPS) is 14.6. The van der Waals surface area contributed by atoms with Gasteiger partial charge in [-0.25, -0.2) is 4.39 Å². The summed E-state index contributed by atoms with van der Waals surface area (Å²) in [6.45, 7) is 9.95. The molecule has 1 aromatic heterocycles. The van der Waals surface area contributed by atoms with Crippen LogP contribution < -0.4 is 5.32 Å². The van der Waals surface area contributed by atoms with Gasteiger partial charge in [-0.1, -0.05) is 37.3 Å². The van der Waals surface area contributed by atoms with Gasteiger partial charge in [0.2, 0.25) is 0 Å². The lowest BCUT2D eigenvalue weighted by Gasteiger charge is -2.12. The first-order valence-corrected chi connectivity index (χ1v) is 9.31. The number of benzene rings is 1. The molecule has 2 aromatic rings. The van der Waals surface area contributed by atoms with Crippen molar-refractivity contribution in [1.82, 2.24) is 9.88 Å². The molecular weight excluding hydrogens is 323 g/mol. The van der Waals surface area contributed by atoms with E-state index in [4.69, 9.17) is 0 Å². The second-order valence-corrected chi connectivity index (χ2v) is 6.85. The average molecular weight is 350 g/mol. The standard InChI is InChI=1S/C23H27FN2/c1-4-19-7-9-20(10-8-19)6-5-17(2)25-13-14-26-18(3)15-21-16-22(24)11-12-23(21)26/h5-7,9,11-12,15-16,25H,2,4,8,10,13-14H2,1,3H3/b6-5+. The smallest absolute Gasteiger partial charge is 0.123 e. The Labute approximate surface area is 155 Å². The fourth-order valence-electron chi connectivity index (χ4n) is 3.40. The van der Waals surface area contributed by atoms with Crippen molar-refractivity contribution in [2.24, 2.45) is 0 Å². The second-order valence-electron chi connectivity index (χ2n) is 6.85. The molecule has 0 spiro atoms. The zero-order valence-corrected chi connectivity index (χ0v) is 15.7. The van der Waals surface area contributed by atoms with Gasteiger partial charge in [-0.3, -0.25) is 0 Å². The minimum Gasteiger partial charge on any atom is -0.384 e. The van der Waals surface area contributed by atoms with Crippen LogP contribution in [-0.4, -0.2) is 11.1 Å². The summed E-state index contributed by atoms with van der Waals surface area (Å²) >= 11 is 0. The van der Waals surface area contributed by atoms with Gasteiger partial charge in [-0.05, 0) is 62.1 Å². The second kappa shape index (κ2) is 8.22. The van der Waals surface area contributed by atoms with Gasteiger partial charge < -0.3 is 9.88 Å². The van der Waals surface area contributed by atoms with Gasteiger partial charge in [0.1, 0.15) is 5.82 Å². The van der Waals surface area contributed by atoms with Crippen molar-refractivity contribution in [3.05, 3.63) is 83.5 Å². The lowest BCUT2D eigenvalue weighted by Crippen LogP contribution is -2.18. The Hall–Kier alpha value is -2.55. The molecule has 136 valence electrons. The first-order chi connectivity index (χ1) is 12.6. The lowest BCUT2D eigenvalue weighted by molar-refractivity contribution is 0.628. The monoisotopic (exact) mass is 350 g/mol. The van der Waals surface area contributed by atoms with E-state index in [0.717, 1.165) is 54.6 Å². The fraction of sp³-hybridized carbons (Fsp3) is 0.304. The summed E-state index contributed by atoms with van der Waals surface area (Å²) in [5, 5.41) is 4.31. The minimum atomic E-state index is -0.191. The third kappa shape index (κ3) is 4.34. The van der Waals surface area contributed by atoms with Crippen molar-refractivity contribution in [3.63, 3.8) is 0 Å². The van der Waals surface area contributed by atoms with E-state index in [-0.39, 0.29) is 5.82 Å². The minimum absolute atomic E-state index is 0.191. The van der Waals surface area contributed by atoms with Crippen LogP contribution >= 0.6 is 0 Å². The first kappa shape index (κ1) is 18.2. The summed E-state index contributed by atoms with van der Waals surface area (Å²) in [5.74, 6) is -0.191. The van der Waals surface area contributed by atoms with Crippen molar-refractivity contribution < 1.29 is 4.39 Å². The number of nitrogens with zero attached hydrogens (tertiary/aromatic N) is 1. The lowest BCUT2D eigenvalue weighted by atomic mass is 9.96. The molecule has 1 aromatic carbocycles.